The number of nitrogens with zero attached hydrogens (tertiary/aromatic N) is 2. The first-order valence-corrected chi connectivity index (χ1v) is 4.14. The summed E-state index contributed by atoms with van der Waals surface area (Å²) in [5.41, 5.74) is 0.573. The second kappa shape index (κ2) is 4.61. The SMILES string of the molecule is CCNC(=O)Cn1cnc(CO)c1. The van der Waals surface area contributed by atoms with Gasteiger partial charge in [-0.15, -0.1) is 0 Å². The van der Waals surface area contributed by atoms with Crippen molar-refractivity contribution in [2.75, 3.05) is 6.54 Å². The van der Waals surface area contributed by atoms with Gasteiger partial charge in [-0.05, 0) is 6.92 Å². The Morgan fingerprint density at radius 3 is 3.08 bits per heavy atom. The highest BCUT2D eigenvalue weighted by Crippen LogP contribution is 1.94. The van der Waals surface area contributed by atoms with Crippen LogP contribution in [0.4, 0.5) is 0 Å². The molecule has 0 aliphatic carbocycles. The topological polar surface area (TPSA) is 67.2 Å². The van der Waals surface area contributed by atoms with Crippen molar-refractivity contribution in [2.45, 2.75) is 20.1 Å². The van der Waals surface area contributed by atoms with Crippen molar-refractivity contribution in [1.82, 2.24) is 14.9 Å². The maximum absolute atomic E-state index is 11.1. The number of nitrogens with one attached hydrogen (secondary N) is 1. The number of amides is 1. The third kappa shape index (κ3) is 2.87. The van der Waals surface area contributed by atoms with E-state index >= 15 is 0 Å². The Balaban J connectivity index is 2.49. The molecular weight excluding hydrogens is 170 g/mol. The highest BCUT2D eigenvalue weighted by atomic mass is 16.3. The highest BCUT2D eigenvalue weighted by molar-refractivity contribution is 5.75. The summed E-state index contributed by atoms with van der Waals surface area (Å²) in [6.07, 6.45) is 3.18. The Kier molecular flexibility index (Phi) is 3.45. The van der Waals surface area contributed by atoms with Gasteiger partial charge in [-0.1, -0.05) is 0 Å². The molecule has 0 aliphatic rings. The Morgan fingerprint density at radius 2 is 2.54 bits per heavy atom. The Bertz CT molecular complexity index is 283. The van der Waals surface area contributed by atoms with Gasteiger partial charge in [0.05, 0.1) is 18.6 Å². The third-order valence-electron chi connectivity index (χ3n) is 1.55. The van der Waals surface area contributed by atoms with Crippen molar-refractivity contribution in [3.8, 4) is 0 Å². The van der Waals surface area contributed by atoms with Crippen LogP contribution in [0.1, 0.15) is 12.6 Å². The molecule has 0 fully saturated rings. The van der Waals surface area contributed by atoms with Gasteiger partial charge in [0.15, 0.2) is 0 Å². The van der Waals surface area contributed by atoms with E-state index in [1.54, 1.807) is 10.8 Å². The molecule has 5 heteroatoms. The second-order valence-electron chi connectivity index (χ2n) is 2.65. The molecule has 0 spiro atoms. The van der Waals surface area contributed by atoms with Crippen LogP contribution in [0.3, 0.4) is 0 Å². The predicted molar refractivity (Wildman–Crippen MR) is 46.8 cm³/mol. The minimum atomic E-state index is -0.0948. The summed E-state index contributed by atoms with van der Waals surface area (Å²) in [5.74, 6) is -0.0515. The van der Waals surface area contributed by atoms with Gasteiger partial charge in [0, 0.05) is 12.7 Å². The average Bonchev–Trinajstić information content (AvgIpc) is 2.52. The fourth-order valence-electron chi connectivity index (χ4n) is 0.993. The first-order chi connectivity index (χ1) is 6.26. The molecule has 1 amide bonds. The number of aliphatic hydroxyl groups is 1. The quantitative estimate of drug-likeness (QED) is 0.662. The van der Waals surface area contributed by atoms with Crippen LogP contribution in [-0.4, -0.2) is 27.1 Å². The van der Waals surface area contributed by atoms with Crippen molar-refractivity contribution < 1.29 is 9.90 Å². The molecule has 5 nitrogen and oxygen atoms in total. The van der Waals surface area contributed by atoms with Crippen molar-refractivity contribution >= 4 is 5.91 Å². The summed E-state index contributed by atoms with van der Waals surface area (Å²) in [5, 5.41) is 11.4. The third-order valence-corrected chi connectivity index (χ3v) is 1.55. The van der Waals surface area contributed by atoms with Crippen molar-refractivity contribution in [3.63, 3.8) is 0 Å². The van der Waals surface area contributed by atoms with E-state index in [4.69, 9.17) is 5.11 Å². The van der Waals surface area contributed by atoms with Crippen molar-refractivity contribution in [2.24, 2.45) is 0 Å². The van der Waals surface area contributed by atoms with Crippen LogP contribution in [0.15, 0.2) is 12.5 Å². The van der Waals surface area contributed by atoms with Crippen molar-refractivity contribution in [3.05, 3.63) is 18.2 Å². The molecule has 1 heterocycles. The van der Waals surface area contributed by atoms with Gasteiger partial charge in [-0.2, -0.15) is 0 Å². The molecule has 0 bridgehead atoms. The van der Waals surface area contributed by atoms with Gasteiger partial charge in [-0.25, -0.2) is 4.98 Å². The monoisotopic (exact) mass is 183 g/mol. The summed E-state index contributed by atoms with van der Waals surface area (Å²) in [6, 6.07) is 0. The number of hydrogen-bond acceptors (Lipinski definition) is 3. The minimum absolute atomic E-state index is 0.0515. The zero-order valence-corrected chi connectivity index (χ0v) is 7.53. The Labute approximate surface area is 76.4 Å². The number of rotatable bonds is 4. The molecule has 1 aromatic rings. The molecule has 0 radical (unpaired) electrons. The number of likely N-dealkylation sites (N-methyl/N-ethyl adjacent to an activating group) is 1. The summed E-state index contributed by atoms with van der Waals surface area (Å²) in [6.45, 7) is 2.65. The van der Waals surface area contributed by atoms with Crippen LogP contribution in [-0.2, 0) is 17.9 Å². The van der Waals surface area contributed by atoms with Crippen LogP contribution < -0.4 is 5.32 Å². The molecular formula is C8H13N3O2. The molecule has 0 atom stereocenters. The number of aliphatic hydroxyl groups excluding tert-OH is 1. The molecule has 72 valence electrons. The summed E-state index contributed by atoms with van der Waals surface area (Å²) in [4.78, 5) is 15.0. The smallest absolute Gasteiger partial charge is 0.239 e. The molecule has 0 aliphatic heterocycles. The Morgan fingerprint density at radius 1 is 1.77 bits per heavy atom. The zero-order chi connectivity index (χ0) is 9.68. The molecule has 13 heavy (non-hydrogen) atoms. The molecule has 1 rings (SSSR count). The van der Waals surface area contributed by atoms with Gasteiger partial charge in [0.25, 0.3) is 0 Å². The molecule has 0 unspecified atom stereocenters. The lowest BCUT2D eigenvalue weighted by molar-refractivity contribution is -0.121. The lowest BCUT2D eigenvalue weighted by Gasteiger charge is -2.01. The van der Waals surface area contributed by atoms with Gasteiger partial charge >= 0.3 is 0 Å². The first-order valence-electron chi connectivity index (χ1n) is 4.14. The van der Waals surface area contributed by atoms with E-state index in [1.165, 1.54) is 6.33 Å². The lowest BCUT2D eigenvalue weighted by atomic mass is 10.5. The van der Waals surface area contributed by atoms with E-state index in [2.05, 4.69) is 10.3 Å². The fraction of sp³-hybridized carbons (Fsp3) is 0.500. The van der Waals surface area contributed by atoms with E-state index in [0.717, 1.165) is 0 Å². The maximum atomic E-state index is 11.1. The van der Waals surface area contributed by atoms with Crippen LogP contribution >= 0.6 is 0 Å². The Hall–Kier alpha value is -1.36. The van der Waals surface area contributed by atoms with E-state index in [1.807, 2.05) is 6.92 Å². The standard InChI is InChI=1S/C8H13N3O2/c1-2-9-8(13)4-11-3-7(5-12)10-6-11/h3,6,12H,2,4-5H2,1H3,(H,9,13). The van der Waals surface area contributed by atoms with Crippen LogP contribution in [0.25, 0.3) is 0 Å². The fourth-order valence-corrected chi connectivity index (χ4v) is 0.993. The van der Waals surface area contributed by atoms with Crippen molar-refractivity contribution in [1.29, 1.82) is 0 Å². The molecule has 0 saturated carbocycles. The van der Waals surface area contributed by atoms with Gasteiger partial charge in [0.1, 0.15) is 6.54 Å². The molecule has 0 aromatic carbocycles. The van der Waals surface area contributed by atoms with E-state index < -0.39 is 0 Å². The summed E-state index contributed by atoms with van der Waals surface area (Å²) in [7, 11) is 0. The number of aromatic nitrogens is 2. The molecule has 1 aromatic heterocycles. The number of carbonyl (C=O) groups excluding carboxylic acids is 1. The van der Waals surface area contributed by atoms with E-state index in [-0.39, 0.29) is 19.1 Å². The first kappa shape index (κ1) is 9.73. The number of hydrogen-bond donors (Lipinski definition) is 2. The van der Waals surface area contributed by atoms with Crippen LogP contribution in [0, 0.1) is 0 Å². The van der Waals surface area contributed by atoms with E-state index in [9.17, 15) is 4.79 Å². The number of imidazole rings is 1. The second-order valence-corrected chi connectivity index (χ2v) is 2.65. The maximum Gasteiger partial charge on any atom is 0.239 e. The minimum Gasteiger partial charge on any atom is -0.390 e. The van der Waals surface area contributed by atoms with Crippen LogP contribution in [0.5, 0.6) is 0 Å². The molecule has 0 saturated heterocycles. The summed E-state index contributed by atoms with van der Waals surface area (Å²) < 4.78 is 1.64. The normalized spacial score (nSPS) is 10.0. The number of carbonyl (C=O) groups is 1. The highest BCUT2D eigenvalue weighted by Gasteiger charge is 2.01. The van der Waals surface area contributed by atoms with E-state index in [0.29, 0.717) is 12.2 Å². The van der Waals surface area contributed by atoms with Gasteiger partial charge in [-0.3, -0.25) is 4.79 Å². The predicted octanol–water partition coefficient (Wildman–Crippen LogP) is -0.489. The average molecular weight is 183 g/mol. The summed E-state index contributed by atoms with van der Waals surface area (Å²) >= 11 is 0. The molecule has 2 N–H and O–H groups in total. The van der Waals surface area contributed by atoms with Gasteiger partial charge < -0.3 is 15.0 Å². The zero-order valence-electron chi connectivity index (χ0n) is 7.53. The lowest BCUT2D eigenvalue weighted by Crippen LogP contribution is -2.26. The van der Waals surface area contributed by atoms with Gasteiger partial charge in [0.2, 0.25) is 5.91 Å². The largest absolute Gasteiger partial charge is 0.390 e. The van der Waals surface area contributed by atoms with Crippen LogP contribution in [0.2, 0.25) is 0 Å².